The Labute approximate surface area is 91.7 Å². The second-order valence-corrected chi connectivity index (χ2v) is 4.69. The van der Waals surface area contributed by atoms with Crippen LogP contribution in [0.5, 0.6) is 0 Å². The Morgan fingerprint density at radius 2 is 2.08 bits per heavy atom. The lowest BCUT2D eigenvalue weighted by Gasteiger charge is -2.17. The van der Waals surface area contributed by atoms with Crippen LogP contribution in [0.2, 0.25) is 0 Å². The molecule has 0 unspecified atom stereocenters. The van der Waals surface area contributed by atoms with Crippen LogP contribution < -0.4 is 0 Å². The summed E-state index contributed by atoms with van der Waals surface area (Å²) < 4.78 is 1.31. The van der Waals surface area contributed by atoms with Gasteiger partial charge in [-0.05, 0) is 58.7 Å². The topological polar surface area (TPSA) is 17.1 Å². The maximum absolute atomic E-state index is 11.2. The largest absolute Gasteiger partial charge is 0.299 e. The molecule has 68 valence electrons. The first-order valence-electron chi connectivity index (χ1n) is 4.47. The van der Waals surface area contributed by atoms with Gasteiger partial charge in [-0.15, -0.1) is 0 Å². The van der Waals surface area contributed by atoms with Crippen molar-refractivity contribution in [2.75, 3.05) is 0 Å². The van der Waals surface area contributed by atoms with Crippen molar-refractivity contribution in [1.29, 1.82) is 0 Å². The molecule has 0 saturated carbocycles. The fourth-order valence-electron chi connectivity index (χ4n) is 1.86. The second kappa shape index (κ2) is 3.40. The van der Waals surface area contributed by atoms with Gasteiger partial charge < -0.3 is 0 Å². The smallest absolute Gasteiger partial charge is 0.137 e. The number of Topliss-reactive ketones (excluding diaryl/α,β-unsaturated/α-hetero) is 1. The van der Waals surface area contributed by atoms with Crippen molar-refractivity contribution in [2.24, 2.45) is 0 Å². The van der Waals surface area contributed by atoms with Gasteiger partial charge in [0, 0.05) is 16.4 Å². The molecule has 0 spiro atoms. The molecule has 2 rings (SSSR count). The molecule has 0 N–H and O–H groups in total. The average molecular weight is 286 g/mol. The van der Waals surface area contributed by atoms with E-state index in [0.717, 1.165) is 12.8 Å². The maximum Gasteiger partial charge on any atom is 0.137 e. The highest BCUT2D eigenvalue weighted by Gasteiger charge is 2.17. The monoisotopic (exact) mass is 286 g/mol. The molecular formula is C11H11IO. The van der Waals surface area contributed by atoms with E-state index in [-0.39, 0.29) is 0 Å². The van der Waals surface area contributed by atoms with E-state index in [4.69, 9.17) is 0 Å². The molecule has 1 aromatic rings. The molecule has 0 saturated heterocycles. The van der Waals surface area contributed by atoms with E-state index in [0.29, 0.717) is 12.2 Å². The number of ketones is 1. The van der Waals surface area contributed by atoms with Crippen LogP contribution in [0.25, 0.3) is 0 Å². The highest BCUT2D eigenvalue weighted by molar-refractivity contribution is 14.1. The van der Waals surface area contributed by atoms with Crippen molar-refractivity contribution in [2.45, 2.75) is 26.2 Å². The van der Waals surface area contributed by atoms with Crippen molar-refractivity contribution >= 4 is 28.4 Å². The summed E-state index contributed by atoms with van der Waals surface area (Å²) in [5, 5.41) is 0. The minimum atomic E-state index is 0.383. The van der Waals surface area contributed by atoms with Gasteiger partial charge in [0.2, 0.25) is 0 Å². The first-order valence-corrected chi connectivity index (χ1v) is 5.55. The van der Waals surface area contributed by atoms with Crippen LogP contribution in [0.1, 0.15) is 23.1 Å². The average Bonchev–Trinajstić information content (AvgIpc) is 2.12. The summed E-state index contributed by atoms with van der Waals surface area (Å²) in [5.74, 6) is 0.383. The molecule has 0 aliphatic heterocycles. The van der Waals surface area contributed by atoms with Gasteiger partial charge in [-0.25, -0.2) is 0 Å². The summed E-state index contributed by atoms with van der Waals surface area (Å²) in [6, 6.07) is 4.20. The van der Waals surface area contributed by atoms with Gasteiger partial charge in [0.25, 0.3) is 0 Å². The lowest BCUT2D eigenvalue weighted by Crippen LogP contribution is -2.14. The van der Waals surface area contributed by atoms with E-state index in [1.807, 2.05) is 0 Å². The maximum atomic E-state index is 11.2. The first kappa shape index (κ1) is 9.19. The highest BCUT2D eigenvalue weighted by Crippen LogP contribution is 2.25. The number of carbonyl (C=O) groups excluding carboxylic acids is 1. The molecule has 1 nitrogen and oxygen atoms in total. The molecule has 1 aromatic carbocycles. The van der Waals surface area contributed by atoms with Crippen LogP contribution in [0.3, 0.4) is 0 Å². The molecule has 0 bridgehead atoms. The number of hydrogen-bond acceptors (Lipinski definition) is 1. The molecule has 0 aromatic heterocycles. The zero-order chi connectivity index (χ0) is 9.42. The number of halogens is 1. The predicted octanol–water partition coefficient (Wildman–Crippen LogP) is 2.66. The van der Waals surface area contributed by atoms with Crippen LogP contribution in [-0.4, -0.2) is 5.78 Å². The van der Waals surface area contributed by atoms with Gasteiger partial charge in [0.1, 0.15) is 5.78 Å². The van der Waals surface area contributed by atoms with Gasteiger partial charge in [-0.1, -0.05) is 6.07 Å². The molecule has 13 heavy (non-hydrogen) atoms. The number of carbonyl (C=O) groups is 1. The third-order valence-corrected chi connectivity index (χ3v) is 3.84. The van der Waals surface area contributed by atoms with Gasteiger partial charge >= 0.3 is 0 Å². The predicted molar refractivity (Wildman–Crippen MR) is 60.9 cm³/mol. The molecule has 1 aliphatic rings. The van der Waals surface area contributed by atoms with Gasteiger partial charge in [-0.3, -0.25) is 4.79 Å². The van der Waals surface area contributed by atoms with Crippen LogP contribution in [0, 0.1) is 10.5 Å². The van der Waals surface area contributed by atoms with E-state index in [9.17, 15) is 4.79 Å². The third-order valence-electron chi connectivity index (χ3n) is 2.67. The summed E-state index contributed by atoms with van der Waals surface area (Å²) in [4.78, 5) is 11.2. The summed E-state index contributed by atoms with van der Waals surface area (Å²) in [5.41, 5.74) is 4.02. The lowest BCUT2D eigenvalue weighted by molar-refractivity contribution is -0.118. The Balaban J connectivity index is 2.53. The Hall–Kier alpha value is -0.380. The Bertz CT molecular complexity index is 369. The minimum Gasteiger partial charge on any atom is -0.299 e. The molecular weight excluding hydrogens is 275 g/mol. The quantitative estimate of drug-likeness (QED) is 0.670. The molecule has 0 amide bonds. The third kappa shape index (κ3) is 1.64. The van der Waals surface area contributed by atoms with Gasteiger partial charge in [-0.2, -0.15) is 0 Å². The number of fused-ring (bicyclic) bond motifs is 1. The zero-order valence-electron chi connectivity index (χ0n) is 7.56. The number of hydrogen-bond donors (Lipinski definition) is 0. The second-order valence-electron chi connectivity index (χ2n) is 3.53. The molecule has 1 aliphatic carbocycles. The van der Waals surface area contributed by atoms with Crippen molar-refractivity contribution < 1.29 is 4.79 Å². The molecule has 0 radical (unpaired) electrons. The van der Waals surface area contributed by atoms with Crippen LogP contribution in [0.4, 0.5) is 0 Å². The number of benzene rings is 1. The van der Waals surface area contributed by atoms with Gasteiger partial charge in [0.15, 0.2) is 0 Å². The zero-order valence-corrected chi connectivity index (χ0v) is 9.72. The molecule has 0 atom stereocenters. The highest BCUT2D eigenvalue weighted by atomic mass is 127. The van der Waals surface area contributed by atoms with Crippen molar-refractivity contribution in [3.05, 3.63) is 32.4 Å². The summed E-state index contributed by atoms with van der Waals surface area (Å²) in [6.45, 7) is 2.15. The van der Waals surface area contributed by atoms with Gasteiger partial charge in [0.05, 0.1) is 0 Å². The minimum absolute atomic E-state index is 0.383. The Kier molecular flexibility index (Phi) is 2.41. The first-order chi connectivity index (χ1) is 6.18. The van der Waals surface area contributed by atoms with Crippen LogP contribution in [-0.2, 0) is 17.6 Å². The standard InChI is InChI=1S/C11H11IO/c1-7-10-4-3-9(13)6-8(10)2-5-11(7)12/h2,5H,3-4,6H2,1H3. The lowest BCUT2D eigenvalue weighted by atomic mass is 9.88. The SMILES string of the molecule is Cc1c(I)ccc2c1CCC(=O)C2. The fourth-order valence-corrected chi connectivity index (χ4v) is 2.37. The fraction of sp³-hybridized carbons (Fsp3) is 0.364. The van der Waals surface area contributed by atoms with Crippen molar-refractivity contribution in [3.8, 4) is 0 Å². The molecule has 2 heteroatoms. The summed E-state index contributed by atoms with van der Waals surface area (Å²) >= 11 is 2.35. The molecule has 0 fully saturated rings. The van der Waals surface area contributed by atoms with Crippen LogP contribution in [0.15, 0.2) is 12.1 Å². The summed E-state index contributed by atoms with van der Waals surface area (Å²) in [6.07, 6.45) is 2.32. The normalized spacial score (nSPS) is 15.7. The Morgan fingerprint density at radius 3 is 2.85 bits per heavy atom. The summed E-state index contributed by atoms with van der Waals surface area (Å²) in [7, 11) is 0. The Morgan fingerprint density at radius 1 is 1.31 bits per heavy atom. The van der Waals surface area contributed by atoms with E-state index < -0.39 is 0 Å². The van der Waals surface area contributed by atoms with Crippen molar-refractivity contribution in [3.63, 3.8) is 0 Å². The van der Waals surface area contributed by atoms with Crippen LogP contribution >= 0.6 is 22.6 Å². The van der Waals surface area contributed by atoms with E-state index in [1.54, 1.807) is 0 Å². The van der Waals surface area contributed by atoms with E-state index >= 15 is 0 Å². The van der Waals surface area contributed by atoms with E-state index in [1.165, 1.54) is 20.3 Å². The number of rotatable bonds is 0. The van der Waals surface area contributed by atoms with Crippen molar-refractivity contribution in [1.82, 2.24) is 0 Å². The molecule has 0 heterocycles. The van der Waals surface area contributed by atoms with E-state index in [2.05, 4.69) is 41.6 Å².